The number of nitrogens with zero attached hydrogens (tertiary/aromatic N) is 2. The van der Waals surface area contributed by atoms with Crippen LogP contribution < -0.4 is 16.4 Å². The van der Waals surface area contributed by atoms with E-state index in [0.29, 0.717) is 22.3 Å². The number of hydrogen-bond donors (Lipinski definition) is 3. The van der Waals surface area contributed by atoms with Crippen molar-refractivity contribution in [3.63, 3.8) is 0 Å². The van der Waals surface area contributed by atoms with Crippen LogP contribution in [0.2, 0.25) is 5.02 Å². The van der Waals surface area contributed by atoms with E-state index in [9.17, 15) is 0 Å². The lowest BCUT2D eigenvalue weighted by Gasteiger charge is -2.14. The second-order valence-corrected chi connectivity index (χ2v) is 5.44. The lowest BCUT2D eigenvalue weighted by molar-refractivity contribution is 1.17. The SMILES string of the molecule is Cc1ccccc1Nc1ncnc(Nc2ccccc2Cl)c1N. The Morgan fingerprint density at radius 3 is 2.09 bits per heavy atom. The summed E-state index contributed by atoms with van der Waals surface area (Å²) in [6.45, 7) is 2.02. The summed E-state index contributed by atoms with van der Waals surface area (Å²) in [5.41, 5.74) is 9.40. The van der Waals surface area contributed by atoms with Gasteiger partial charge in [-0.25, -0.2) is 9.97 Å². The normalized spacial score (nSPS) is 10.3. The van der Waals surface area contributed by atoms with Gasteiger partial charge in [0.1, 0.15) is 12.0 Å². The fraction of sp³-hybridized carbons (Fsp3) is 0.0588. The first-order valence-corrected chi connectivity index (χ1v) is 7.47. The summed E-state index contributed by atoms with van der Waals surface area (Å²) < 4.78 is 0. The number of hydrogen-bond acceptors (Lipinski definition) is 5. The molecular formula is C17H16ClN5. The van der Waals surface area contributed by atoms with E-state index < -0.39 is 0 Å². The fourth-order valence-electron chi connectivity index (χ4n) is 2.13. The molecule has 0 saturated heterocycles. The Hall–Kier alpha value is -2.79. The molecule has 0 spiro atoms. The predicted molar refractivity (Wildman–Crippen MR) is 95.6 cm³/mol. The van der Waals surface area contributed by atoms with Gasteiger partial charge in [-0.1, -0.05) is 41.9 Å². The van der Waals surface area contributed by atoms with E-state index >= 15 is 0 Å². The number of rotatable bonds is 4. The summed E-state index contributed by atoms with van der Waals surface area (Å²) in [6.07, 6.45) is 1.45. The zero-order chi connectivity index (χ0) is 16.2. The van der Waals surface area contributed by atoms with Crippen LogP contribution in [-0.2, 0) is 0 Å². The van der Waals surface area contributed by atoms with Crippen LogP contribution in [0.5, 0.6) is 0 Å². The molecule has 0 aliphatic carbocycles. The van der Waals surface area contributed by atoms with E-state index in [0.717, 1.165) is 16.9 Å². The van der Waals surface area contributed by atoms with Gasteiger partial charge in [0.2, 0.25) is 0 Å². The summed E-state index contributed by atoms with van der Waals surface area (Å²) in [6, 6.07) is 15.3. The van der Waals surface area contributed by atoms with E-state index in [2.05, 4.69) is 20.6 Å². The number of anilines is 5. The smallest absolute Gasteiger partial charge is 0.159 e. The van der Waals surface area contributed by atoms with Gasteiger partial charge in [0.25, 0.3) is 0 Å². The predicted octanol–water partition coefficient (Wildman–Crippen LogP) is 4.51. The first-order chi connectivity index (χ1) is 11.1. The minimum atomic E-state index is 0.427. The molecule has 0 fully saturated rings. The van der Waals surface area contributed by atoms with Gasteiger partial charge in [0.05, 0.1) is 10.7 Å². The van der Waals surface area contributed by atoms with Crippen molar-refractivity contribution in [2.75, 3.05) is 16.4 Å². The Morgan fingerprint density at radius 2 is 1.43 bits per heavy atom. The van der Waals surface area contributed by atoms with Gasteiger partial charge in [-0.05, 0) is 30.7 Å². The van der Waals surface area contributed by atoms with E-state index in [4.69, 9.17) is 17.3 Å². The number of nitrogens with two attached hydrogens (primary N) is 1. The van der Waals surface area contributed by atoms with Crippen molar-refractivity contribution in [2.24, 2.45) is 0 Å². The summed E-state index contributed by atoms with van der Waals surface area (Å²) in [4.78, 5) is 8.41. The number of nitrogen functional groups attached to an aromatic ring is 1. The number of benzene rings is 2. The van der Waals surface area contributed by atoms with Crippen LogP contribution in [0, 0.1) is 6.92 Å². The molecule has 1 aromatic heterocycles. The van der Waals surface area contributed by atoms with Crippen LogP contribution in [-0.4, -0.2) is 9.97 Å². The molecule has 0 unspecified atom stereocenters. The van der Waals surface area contributed by atoms with Crippen LogP contribution in [0.4, 0.5) is 28.7 Å². The second-order valence-electron chi connectivity index (χ2n) is 5.03. The van der Waals surface area contributed by atoms with Crippen molar-refractivity contribution in [3.05, 3.63) is 65.4 Å². The van der Waals surface area contributed by atoms with Crippen LogP contribution in [0.1, 0.15) is 5.56 Å². The Bertz CT molecular complexity index is 769. The zero-order valence-electron chi connectivity index (χ0n) is 12.5. The topological polar surface area (TPSA) is 75.9 Å². The maximum atomic E-state index is 6.19. The first kappa shape index (κ1) is 15.1. The molecule has 2 aromatic carbocycles. The van der Waals surface area contributed by atoms with Crippen molar-refractivity contribution in [3.8, 4) is 0 Å². The van der Waals surface area contributed by atoms with E-state index in [1.807, 2.05) is 49.4 Å². The maximum absolute atomic E-state index is 6.19. The van der Waals surface area contributed by atoms with Gasteiger partial charge < -0.3 is 16.4 Å². The zero-order valence-corrected chi connectivity index (χ0v) is 13.3. The highest BCUT2D eigenvalue weighted by atomic mass is 35.5. The minimum absolute atomic E-state index is 0.427. The minimum Gasteiger partial charge on any atom is -0.393 e. The number of aryl methyl sites for hydroxylation is 1. The molecule has 0 aliphatic rings. The van der Waals surface area contributed by atoms with Gasteiger partial charge in [0.15, 0.2) is 11.6 Å². The lowest BCUT2D eigenvalue weighted by Crippen LogP contribution is -2.05. The highest BCUT2D eigenvalue weighted by Gasteiger charge is 2.10. The number of para-hydroxylation sites is 2. The lowest BCUT2D eigenvalue weighted by atomic mass is 10.2. The molecule has 23 heavy (non-hydrogen) atoms. The third-order valence-electron chi connectivity index (χ3n) is 3.41. The molecule has 1 heterocycles. The molecule has 3 rings (SSSR count). The van der Waals surface area contributed by atoms with Crippen LogP contribution >= 0.6 is 11.6 Å². The van der Waals surface area contributed by atoms with Gasteiger partial charge in [-0.15, -0.1) is 0 Å². The number of nitrogens with one attached hydrogen (secondary N) is 2. The molecule has 6 heteroatoms. The molecule has 0 saturated carbocycles. The first-order valence-electron chi connectivity index (χ1n) is 7.10. The monoisotopic (exact) mass is 325 g/mol. The molecule has 3 aromatic rings. The molecule has 0 amide bonds. The quantitative estimate of drug-likeness (QED) is 0.658. The molecule has 4 N–H and O–H groups in total. The van der Waals surface area contributed by atoms with Crippen LogP contribution in [0.3, 0.4) is 0 Å². The molecule has 5 nitrogen and oxygen atoms in total. The van der Waals surface area contributed by atoms with Crippen LogP contribution in [0.25, 0.3) is 0 Å². The Labute approximate surface area is 139 Å². The molecule has 0 atom stereocenters. The van der Waals surface area contributed by atoms with Gasteiger partial charge >= 0.3 is 0 Å². The van der Waals surface area contributed by atoms with Crippen LogP contribution in [0.15, 0.2) is 54.9 Å². The van der Waals surface area contributed by atoms with Crippen molar-refractivity contribution in [2.45, 2.75) is 6.92 Å². The highest BCUT2D eigenvalue weighted by molar-refractivity contribution is 6.33. The van der Waals surface area contributed by atoms with Gasteiger partial charge in [0, 0.05) is 5.69 Å². The maximum Gasteiger partial charge on any atom is 0.159 e. The average molecular weight is 326 g/mol. The highest BCUT2D eigenvalue weighted by Crippen LogP contribution is 2.31. The van der Waals surface area contributed by atoms with Crippen molar-refractivity contribution < 1.29 is 0 Å². The Kier molecular flexibility index (Phi) is 4.30. The molecule has 0 radical (unpaired) electrons. The number of aromatic nitrogens is 2. The van der Waals surface area contributed by atoms with Crippen molar-refractivity contribution in [1.82, 2.24) is 9.97 Å². The number of halogens is 1. The fourth-order valence-corrected chi connectivity index (χ4v) is 2.31. The van der Waals surface area contributed by atoms with E-state index in [1.54, 1.807) is 6.07 Å². The van der Waals surface area contributed by atoms with E-state index in [-0.39, 0.29) is 0 Å². The third-order valence-corrected chi connectivity index (χ3v) is 3.74. The van der Waals surface area contributed by atoms with E-state index in [1.165, 1.54) is 6.33 Å². The third kappa shape index (κ3) is 3.35. The van der Waals surface area contributed by atoms with Gasteiger partial charge in [-0.3, -0.25) is 0 Å². The summed E-state index contributed by atoms with van der Waals surface area (Å²) in [5.74, 6) is 1.05. The molecule has 116 valence electrons. The molecule has 0 aliphatic heterocycles. The Balaban J connectivity index is 1.90. The van der Waals surface area contributed by atoms with Gasteiger partial charge in [-0.2, -0.15) is 0 Å². The van der Waals surface area contributed by atoms with Crippen molar-refractivity contribution in [1.29, 1.82) is 0 Å². The standard InChI is InChI=1S/C17H16ClN5/c1-11-6-2-4-8-13(11)22-16-15(19)17(21-10-20-16)23-14-9-5-3-7-12(14)18/h2-10H,19H2,1H3,(H2,20,21,22,23). The largest absolute Gasteiger partial charge is 0.393 e. The molecule has 0 bridgehead atoms. The average Bonchev–Trinajstić information content (AvgIpc) is 2.55. The summed E-state index contributed by atoms with van der Waals surface area (Å²) in [5, 5.41) is 6.96. The Morgan fingerprint density at radius 1 is 0.870 bits per heavy atom. The second kappa shape index (κ2) is 6.54. The van der Waals surface area contributed by atoms with Crippen molar-refractivity contribution >= 4 is 40.3 Å². The summed E-state index contributed by atoms with van der Waals surface area (Å²) >= 11 is 6.15. The molecular weight excluding hydrogens is 310 g/mol. The summed E-state index contributed by atoms with van der Waals surface area (Å²) in [7, 11) is 0.